The molecule has 3 rings (SSSR count). The molecule has 2 aliphatic carbocycles. The van der Waals surface area contributed by atoms with E-state index in [0.29, 0.717) is 0 Å². The van der Waals surface area contributed by atoms with Crippen molar-refractivity contribution in [2.45, 2.75) is 97.3 Å². The van der Waals surface area contributed by atoms with Gasteiger partial charge < -0.3 is 0 Å². The van der Waals surface area contributed by atoms with Gasteiger partial charge in [0.15, 0.2) is 0 Å². The molecule has 1 aromatic rings. The fourth-order valence-corrected chi connectivity index (χ4v) is 5.25. The average molecular weight is 371 g/mol. The molecule has 0 aromatic heterocycles. The van der Waals surface area contributed by atoms with Gasteiger partial charge in [-0.25, -0.2) is 4.39 Å². The number of unbranched alkanes of at least 4 members (excludes halogenated alkanes) is 1. The first-order valence-electron chi connectivity index (χ1n) is 11.6. The lowest BCUT2D eigenvalue weighted by Crippen LogP contribution is -2.23. The minimum absolute atomic E-state index is 0.00122. The lowest BCUT2D eigenvalue weighted by molar-refractivity contribution is 0.189. The second kappa shape index (κ2) is 10.4. The molecule has 0 spiro atoms. The van der Waals surface area contributed by atoms with E-state index in [2.05, 4.69) is 26.0 Å². The Balaban J connectivity index is 1.44. The largest absolute Gasteiger partial charge is 0.207 e. The summed E-state index contributed by atoms with van der Waals surface area (Å²) < 4.78 is 14.2. The van der Waals surface area contributed by atoms with Gasteiger partial charge in [-0.1, -0.05) is 63.3 Å². The summed E-state index contributed by atoms with van der Waals surface area (Å²) in [6.45, 7) is 4.51. The van der Waals surface area contributed by atoms with Crippen LogP contribution >= 0.6 is 0 Å². The van der Waals surface area contributed by atoms with Crippen LogP contribution in [-0.4, -0.2) is 0 Å². The molecule has 1 fully saturated rings. The Kier molecular flexibility index (Phi) is 7.97. The zero-order valence-corrected chi connectivity index (χ0v) is 17.6. The van der Waals surface area contributed by atoms with Crippen LogP contribution in [0.5, 0.6) is 0 Å². The standard InChI is InChI=1S/C26H39F/c1-3-5-6-25-18-13-22(19-26(25)27)8-7-21-11-16-24(17-12-21)23-14-9-20(4-2)10-15-23/h11,13,18-20,23-24H,3-10,12,14-17H2,1-2H3. The highest BCUT2D eigenvalue weighted by atomic mass is 19.1. The molecule has 0 heterocycles. The molecule has 1 aromatic carbocycles. The van der Waals surface area contributed by atoms with Crippen LogP contribution in [0.25, 0.3) is 0 Å². The van der Waals surface area contributed by atoms with Crippen LogP contribution in [0.4, 0.5) is 4.39 Å². The van der Waals surface area contributed by atoms with Crippen molar-refractivity contribution in [1.82, 2.24) is 0 Å². The average Bonchev–Trinajstić information content (AvgIpc) is 2.72. The van der Waals surface area contributed by atoms with Crippen LogP contribution in [0, 0.1) is 23.6 Å². The molecule has 27 heavy (non-hydrogen) atoms. The minimum Gasteiger partial charge on any atom is -0.207 e. The molecule has 1 heteroatoms. The molecule has 0 N–H and O–H groups in total. The highest BCUT2D eigenvalue weighted by Crippen LogP contribution is 2.40. The number of rotatable bonds is 8. The maximum Gasteiger partial charge on any atom is 0.126 e. The van der Waals surface area contributed by atoms with E-state index >= 15 is 0 Å². The van der Waals surface area contributed by atoms with E-state index in [-0.39, 0.29) is 5.82 Å². The summed E-state index contributed by atoms with van der Waals surface area (Å²) in [5, 5.41) is 0. The maximum atomic E-state index is 14.2. The molecule has 2 aliphatic rings. The molecule has 0 aliphatic heterocycles. The summed E-state index contributed by atoms with van der Waals surface area (Å²) in [4.78, 5) is 0. The first kappa shape index (κ1) is 20.6. The van der Waals surface area contributed by atoms with Crippen molar-refractivity contribution in [3.8, 4) is 0 Å². The quantitative estimate of drug-likeness (QED) is 0.406. The lowest BCUT2D eigenvalue weighted by atomic mass is 9.71. The summed E-state index contributed by atoms with van der Waals surface area (Å²) in [5.74, 6) is 2.92. The Bertz CT molecular complexity index is 607. The van der Waals surface area contributed by atoms with E-state index in [4.69, 9.17) is 0 Å². The molecular weight excluding hydrogens is 331 g/mol. The van der Waals surface area contributed by atoms with Gasteiger partial charge in [0.1, 0.15) is 5.82 Å². The van der Waals surface area contributed by atoms with Gasteiger partial charge in [-0.15, -0.1) is 0 Å². The lowest BCUT2D eigenvalue weighted by Gasteiger charge is -2.35. The predicted octanol–water partition coefficient (Wildman–Crippen LogP) is 8.04. The number of halogens is 1. The minimum atomic E-state index is 0.00122. The van der Waals surface area contributed by atoms with Crippen LogP contribution in [0.3, 0.4) is 0 Å². The van der Waals surface area contributed by atoms with Gasteiger partial charge in [0, 0.05) is 0 Å². The van der Waals surface area contributed by atoms with E-state index in [0.717, 1.165) is 61.0 Å². The van der Waals surface area contributed by atoms with Crippen molar-refractivity contribution in [2.24, 2.45) is 17.8 Å². The third-order valence-corrected chi connectivity index (χ3v) is 7.33. The molecule has 0 nitrogen and oxygen atoms in total. The maximum absolute atomic E-state index is 14.2. The second-order valence-electron chi connectivity index (χ2n) is 9.12. The normalized spacial score (nSPS) is 26.0. The van der Waals surface area contributed by atoms with Gasteiger partial charge in [-0.05, 0) is 92.7 Å². The Morgan fingerprint density at radius 1 is 0.926 bits per heavy atom. The Labute approximate surface area is 166 Å². The molecule has 0 bridgehead atoms. The first-order chi connectivity index (χ1) is 13.2. The number of allylic oxidation sites excluding steroid dienone is 2. The third kappa shape index (κ3) is 5.93. The summed E-state index contributed by atoms with van der Waals surface area (Å²) in [5.41, 5.74) is 3.66. The fraction of sp³-hybridized carbons (Fsp3) is 0.692. The number of benzene rings is 1. The van der Waals surface area contributed by atoms with Crippen LogP contribution in [0.15, 0.2) is 29.8 Å². The van der Waals surface area contributed by atoms with Gasteiger partial charge in [-0.2, -0.15) is 0 Å². The molecule has 0 saturated heterocycles. The predicted molar refractivity (Wildman–Crippen MR) is 114 cm³/mol. The van der Waals surface area contributed by atoms with Crippen molar-refractivity contribution < 1.29 is 4.39 Å². The van der Waals surface area contributed by atoms with E-state index in [9.17, 15) is 4.39 Å². The second-order valence-corrected chi connectivity index (χ2v) is 9.12. The van der Waals surface area contributed by atoms with Gasteiger partial charge in [0.05, 0.1) is 0 Å². The topological polar surface area (TPSA) is 0 Å². The molecule has 150 valence electrons. The van der Waals surface area contributed by atoms with Crippen molar-refractivity contribution in [1.29, 1.82) is 0 Å². The van der Waals surface area contributed by atoms with Crippen molar-refractivity contribution in [3.63, 3.8) is 0 Å². The molecule has 1 saturated carbocycles. The van der Waals surface area contributed by atoms with Gasteiger partial charge in [0.2, 0.25) is 0 Å². The zero-order valence-electron chi connectivity index (χ0n) is 17.6. The number of hydrogen-bond acceptors (Lipinski definition) is 0. The van der Waals surface area contributed by atoms with Crippen LogP contribution in [0.1, 0.15) is 95.6 Å². The van der Waals surface area contributed by atoms with Crippen molar-refractivity contribution in [3.05, 3.63) is 46.8 Å². The summed E-state index contributed by atoms with van der Waals surface area (Å²) in [6, 6.07) is 5.94. The number of aryl methyl sites for hydroxylation is 2. The fourth-order valence-electron chi connectivity index (χ4n) is 5.25. The molecule has 1 unspecified atom stereocenters. The Morgan fingerprint density at radius 2 is 1.74 bits per heavy atom. The summed E-state index contributed by atoms with van der Waals surface area (Å²) in [6.07, 6.45) is 18.9. The van der Waals surface area contributed by atoms with Crippen LogP contribution in [0.2, 0.25) is 0 Å². The smallest absolute Gasteiger partial charge is 0.126 e. The van der Waals surface area contributed by atoms with Gasteiger partial charge >= 0.3 is 0 Å². The van der Waals surface area contributed by atoms with Crippen molar-refractivity contribution in [2.75, 3.05) is 0 Å². The zero-order chi connectivity index (χ0) is 19.1. The summed E-state index contributed by atoms with van der Waals surface area (Å²) >= 11 is 0. The van der Waals surface area contributed by atoms with E-state index in [1.54, 1.807) is 11.6 Å². The Hall–Kier alpha value is -1.11. The molecule has 1 atom stereocenters. The molecule has 0 amide bonds. The van der Waals surface area contributed by atoms with Gasteiger partial charge in [-0.3, -0.25) is 0 Å². The van der Waals surface area contributed by atoms with E-state index in [1.807, 2.05) is 6.07 Å². The third-order valence-electron chi connectivity index (χ3n) is 7.33. The molecule has 0 radical (unpaired) electrons. The van der Waals surface area contributed by atoms with Crippen LogP contribution < -0.4 is 0 Å². The van der Waals surface area contributed by atoms with E-state index < -0.39 is 0 Å². The first-order valence-corrected chi connectivity index (χ1v) is 11.6. The number of hydrogen-bond donors (Lipinski definition) is 0. The van der Waals surface area contributed by atoms with E-state index in [1.165, 1.54) is 51.4 Å². The highest BCUT2D eigenvalue weighted by molar-refractivity contribution is 5.25. The monoisotopic (exact) mass is 370 g/mol. The summed E-state index contributed by atoms with van der Waals surface area (Å²) in [7, 11) is 0. The SMILES string of the molecule is CCCCc1ccc(CCC2=CCC(C3CCC(CC)CC3)CC2)cc1F. The van der Waals surface area contributed by atoms with Crippen molar-refractivity contribution >= 4 is 0 Å². The Morgan fingerprint density at radius 3 is 2.37 bits per heavy atom. The van der Waals surface area contributed by atoms with Crippen LogP contribution in [-0.2, 0) is 12.8 Å². The highest BCUT2D eigenvalue weighted by Gasteiger charge is 2.27. The van der Waals surface area contributed by atoms with Gasteiger partial charge in [0.25, 0.3) is 0 Å². The molecular formula is C26H39F.